The number of anilines is 1. The summed E-state index contributed by atoms with van der Waals surface area (Å²) >= 11 is 9.15. The van der Waals surface area contributed by atoms with Gasteiger partial charge in [-0.25, -0.2) is 0 Å². The molecule has 5 heteroatoms. The van der Waals surface area contributed by atoms with Crippen molar-refractivity contribution < 1.29 is 4.79 Å². The first-order chi connectivity index (χ1) is 7.52. The molecule has 1 unspecified atom stereocenters. The molecule has 16 heavy (non-hydrogen) atoms. The van der Waals surface area contributed by atoms with Crippen molar-refractivity contribution in [1.29, 1.82) is 0 Å². The molecule has 1 aromatic carbocycles. The van der Waals surface area contributed by atoms with Crippen LogP contribution >= 0.6 is 27.5 Å². The fourth-order valence-electron chi connectivity index (χ4n) is 1.19. The van der Waals surface area contributed by atoms with Gasteiger partial charge in [0.05, 0.1) is 5.02 Å². The number of nitrogens with two attached hydrogens (primary N) is 1. The van der Waals surface area contributed by atoms with E-state index in [-0.39, 0.29) is 11.8 Å². The highest BCUT2D eigenvalue weighted by Crippen LogP contribution is 2.25. The molecule has 3 N–H and O–H groups in total. The topological polar surface area (TPSA) is 55.1 Å². The van der Waals surface area contributed by atoms with E-state index in [1.807, 2.05) is 6.92 Å². The largest absolute Gasteiger partial charge is 0.330 e. The van der Waals surface area contributed by atoms with Gasteiger partial charge in [-0.15, -0.1) is 0 Å². The van der Waals surface area contributed by atoms with Gasteiger partial charge in [-0.1, -0.05) is 18.5 Å². The van der Waals surface area contributed by atoms with Crippen molar-refractivity contribution in [3.63, 3.8) is 0 Å². The van der Waals surface area contributed by atoms with Gasteiger partial charge in [0.1, 0.15) is 0 Å². The molecule has 0 fully saturated rings. The molecule has 0 bridgehead atoms. The van der Waals surface area contributed by atoms with Crippen LogP contribution in [0.3, 0.4) is 0 Å². The van der Waals surface area contributed by atoms with E-state index in [2.05, 4.69) is 21.2 Å². The Morgan fingerprint density at radius 3 is 2.88 bits per heavy atom. The number of benzene rings is 1. The fraction of sp³-hybridized carbons (Fsp3) is 0.364. The van der Waals surface area contributed by atoms with Gasteiger partial charge >= 0.3 is 0 Å². The molecule has 0 heterocycles. The van der Waals surface area contributed by atoms with Crippen molar-refractivity contribution in [3.05, 3.63) is 27.7 Å². The van der Waals surface area contributed by atoms with E-state index >= 15 is 0 Å². The lowest BCUT2D eigenvalue weighted by atomic mass is 10.1. The molecule has 1 aromatic rings. The van der Waals surface area contributed by atoms with Crippen LogP contribution in [-0.2, 0) is 4.79 Å². The number of amides is 1. The minimum atomic E-state index is -0.0350. The van der Waals surface area contributed by atoms with E-state index in [4.69, 9.17) is 17.3 Å². The fourth-order valence-corrected chi connectivity index (χ4v) is 1.68. The van der Waals surface area contributed by atoms with Crippen LogP contribution in [0.1, 0.15) is 13.3 Å². The summed E-state index contributed by atoms with van der Waals surface area (Å²) in [6.07, 6.45) is 0.427. The van der Waals surface area contributed by atoms with Crippen molar-refractivity contribution in [2.24, 2.45) is 11.7 Å². The third-order valence-electron chi connectivity index (χ3n) is 2.14. The van der Waals surface area contributed by atoms with Gasteiger partial charge in [0.15, 0.2) is 0 Å². The first kappa shape index (κ1) is 13.5. The van der Waals surface area contributed by atoms with Crippen LogP contribution in [0.15, 0.2) is 22.7 Å². The maximum absolute atomic E-state index is 11.6. The van der Waals surface area contributed by atoms with Crippen molar-refractivity contribution >= 4 is 39.1 Å². The Morgan fingerprint density at radius 2 is 2.31 bits per heavy atom. The molecule has 0 aliphatic rings. The lowest BCUT2D eigenvalue weighted by Gasteiger charge is -2.09. The molecule has 0 saturated carbocycles. The number of hydrogen-bond donors (Lipinski definition) is 2. The predicted octanol–water partition coefficient (Wildman–Crippen LogP) is 3.03. The molecule has 0 aliphatic heterocycles. The summed E-state index contributed by atoms with van der Waals surface area (Å²) in [7, 11) is 0. The number of carbonyl (C=O) groups is 1. The van der Waals surface area contributed by atoms with Crippen molar-refractivity contribution in [2.45, 2.75) is 13.3 Å². The molecule has 88 valence electrons. The normalized spacial score (nSPS) is 12.2. The lowest BCUT2D eigenvalue weighted by Crippen LogP contribution is -2.20. The standard InChI is InChI=1S/C11H14BrClN2O/c1-7(6-14)4-11(16)15-8-2-3-10(13)9(12)5-8/h2-3,5,7H,4,6,14H2,1H3,(H,15,16). The molecule has 0 aliphatic carbocycles. The Balaban J connectivity index is 2.59. The number of rotatable bonds is 4. The highest BCUT2D eigenvalue weighted by molar-refractivity contribution is 9.10. The minimum Gasteiger partial charge on any atom is -0.330 e. The average Bonchev–Trinajstić information content (AvgIpc) is 2.23. The Morgan fingerprint density at radius 1 is 1.62 bits per heavy atom. The van der Waals surface area contributed by atoms with Crippen LogP contribution < -0.4 is 11.1 Å². The zero-order valence-corrected chi connectivity index (χ0v) is 11.3. The van der Waals surface area contributed by atoms with Crippen LogP contribution in [0.4, 0.5) is 5.69 Å². The van der Waals surface area contributed by atoms with Crippen LogP contribution in [0.25, 0.3) is 0 Å². The smallest absolute Gasteiger partial charge is 0.224 e. The lowest BCUT2D eigenvalue weighted by molar-refractivity contribution is -0.116. The van der Waals surface area contributed by atoms with Gasteiger partial charge in [0, 0.05) is 16.6 Å². The van der Waals surface area contributed by atoms with Crippen molar-refractivity contribution in [2.75, 3.05) is 11.9 Å². The summed E-state index contributed by atoms with van der Waals surface area (Å²) in [6, 6.07) is 5.26. The highest BCUT2D eigenvalue weighted by atomic mass is 79.9. The number of hydrogen-bond acceptors (Lipinski definition) is 2. The quantitative estimate of drug-likeness (QED) is 0.898. The summed E-state index contributed by atoms with van der Waals surface area (Å²) in [5.41, 5.74) is 6.18. The SMILES string of the molecule is CC(CN)CC(=O)Nc1ccc(Cl)c(Br)c1. The van der Waals surface area contributed by atoms with E-state index in [9.17, 15) is 4.79 Å². The summed E-state index contributed by atoms with van der Waals surface area (Å²) in [5.74, 6) is 0.155. The second-order valence-electron chi connectivity index (χ2n) is 3.72. The molecule has 0 saturated heterocycles. The molecule has 1 amide bonds. The summed E-state index contributed by atoms with van der Waals surface area (Å²) < 4.78 is 0.763. The molecule has 0 aromatic heterocycles. The molecular weight excluding hydrogens is 291 g/mol. The Bertz CT molecular complexity index is 384. The summed E-state index contributed by atoms with van der Waals surface area (Å²) in [5, 5.41) is 3.41. The van der Waals surface area contributed by atoms with E-state index in [0.29, 0.717) is 18.0 Å². The van der Waals surface area contributed by atoms with Gasteiger partial charge in [0.25, 0.3) is 0 Å². The predicted molar refractivity (Wildman–Crippen MR) is 70.6 cm³/mol. The van der Waals surface area contributed by atoms with E-state index in [1.54, 1.807) is 18.2 Å². The van der Waals surface area contributed by atoms with Crippen molar-refractivity contribution in [1.82, 2.24) is 0 Å². The molecule has 3 nitrogen and oxygen atoms in total. The zero-order valence-electron chi connectivity index (χ0n) is 8.97. The molecular formula is C11H14BrClN2O. The Kier molecular flexibility index (Phi) is 5.25. The Hall–Kier alpha value is -0.580. The summed E-state index contributed by atoms with van der Waals surface area (Å²) in [4.78, 5) is 11.6. The molecule has 0 radical (unpaired) electrons. The number of carbonyl (C=O) groups excluding carboxylic acids is 1. The average molecular weight is 306 g/mol. The maximum atomic E-state index is 11.6. The third-order valence-corrected chi connectivity index (χ3v) is 3.35. The first-order valence-electron chi connectivity index (χ1n) is 4.98. The second-order valence-corrected chi connectivity index (χ2v) is 4.98. The van der Waals surface area contributed by atoms with E-state index in [1.165, 1.54) is 0 Å². The molecule has 1 atom stereocenters. The first-order valence-corrected chi connectivity index (χ1v) is 6.15. The number of nitrogens with one attached hydrogen (secondary N) is 1. The zero-order chi connectivity index (χ0) is 12.1. The van der Waals surface area contributed by atoms with Crippen molar-refractivity contribution in [3.8, 4) is 0 Å². The monoisotopic (exact) mass is 304 g/mol. The van der Waals surface area contributed by atoms with Crippen LogP contribution in [-0.4, -0.2) is 12.5 Å². The van der Waals surface area contributed by atoms with E-state index < -0.39 is 0 Å². The minimum absolute atomic E-state index is 0.0350. The summed E-state index contributed by atoms with van der Waals surface area (Å²) in [6.45, 7) is 2.45. The maximum Gasteiger partial charge on any atom is 0.224 e. The number of halogens is 2. The second kappa shape index (κ2) is 6.23. The third kappa shape index (κ3) is 4.12. The Labute approximate surface area is 108 Å². The van der Waals surface area contributed by atoms with E-state index in [0.717, 1.165) is 10.2 Å². The van der Waals surface area contributed by atoms with Gasteiger partial charge < -0.3 is 11.1 Å². The molecule has 1 rings (SSSR count). The van der Waals surface area contributed by atoms with Crippen LogP contribution in [0.5, 0.6) is 0 Å². The highest BCUT2D eigenvalue weighted by Gasteiger charge is 2.08. The van der Waals surface area contributed by atoms with Crippen LogP contribution in [0, 0.1) is 5.92 Å². The van der Waals surface area contributed by atoms with Gasteiger partial charge in [0.2, 0.25) is 5.91 Å². The van der Waals surface area contributed by atoms with Gasteiger partial charge in [-0.2, -0.15) is 0 Å². The van der Waals surface area contributed by atoms with Gasteiger partial charge in [-0.05, 0) is 46.6 Å². The van der Waals surface area contributed by atoms with Crippen LogP contribution in [0.2, 0.25) is 5.02 Å². The van der Waals surface area contributed by atoms with Gasteiger partial charge in [-0.3, -0.25) is 4.79 Å². The molecule has 0 spiro atoms.